The van der Waals surface area contributed by atoms with Crippen LogP contribution in [0.5, 0.6) is 0 Å². The van der Waals surface area contributed by atoms with E-state index in [4.69, 9.17) is 0 Å². The van der Waals surface area contributed by atoms with E-state index in [1.807, 2.05) is 6.08 Å². The number of hydrogen-bond acceptors (Lipinski definition) is 2. The highest BCUT2D eigenvalue weighted by Crippen LogP contribution is 2.42. The summed E-state index contributed by atoms with van der Waals surface area (Å²) >= 11 is 0. The maximum Gasteiger partial charge on any atom is 0.0493 e. The molecule has 0 aromatic heterocycles. The third-order valence-electron chi connectivity index (χ3n) is 11.7. The van der Waals surface area contributed by atoms with Crippen molar-refractivity contribution < 1.29 is 0 Å². The Bertz CT molecular complexity index is 2360. The van der Waals surface area contributed by atoms with Crippen LogP contribution in [0.1, 0.15) is 60.1 Å². The monoisotopic (exact) mass is 730 g/mol. The molecule has 0 amide bonds. The first-order chi connectivity index (χ1) is 27.1. The van der Waals surface area contributed by atoms with Gasteiger partial charge in [-0.3, -0.25) is 0 Å². The van der Waals surface area contributed by atoms with Crippen molar-refractivity contribution in [1.82, 2.24) is 0 Å². The third kappa shape index (κ3) is 7.84. The summed E-state index contributed by atoms with van der Waals surface area (Å²) in [6.45, 7) is 19.5. The minimum absolute atomic E-state index is 0.109. The SMILES string of the molecule is C=CCC(C)(CC)c1ccc(-c2ccc(N(c3ccc(C)cc3)c3ccc(-c4ccc(N(c5ccc(C)cc5)c5ccc(C)cc5)cc4)c(C)c3C)cc2)cc1. The molecule has 1 atom stereocenters. The molecule has 1 unspecified atom stereocenters. The molecule has 0 fully saturated rings. The van der Waals surface area contributed by atoms with Crippen molar-refractivity contribution in [3.63, 3.8) is 0 Å². The lowest BCUT2D eigenvalue weighted by molar-refractivity contribution is 0.461. The summed E-state index contributed by atoms with van der Waals surface area (Å²) in [4.78, 5) is 4.72. The van der Waals surface area contributed by atoms with Crippen LogP contribution < -0.4 is 9.80 Å². The van der Waals surface area contributed by atoms with Crippen LogP contribution in [0.2, 0.25) is 0 Å². The molecule has 0 aliphatic rings. The van der Waals surface area contributed by atoms with Crippen molar-refractivity contribution >= 4 is 34.1 Å². The molecule has 0 saturated heterocycles. The molecule has 0 aliphatic heterocycles. The van der Waals surface area contributed by atoms with Gasteiger partial charge in [0.2, 0.25) is 0 Å². The summed E-state index contributed by atoms with van der Waals surface area (Å²) in [6.07, 6.45) is 4.09. The van der Waals surface area contributed by atoms with Crippen LogP contribution in [-0.4, -0.2) is 0 Å². The van der Waals surface area contributed by atoms with Gasteiger partial charge in [-0.2, -0.15) is 0 Å². The summed E-state index contributed by atoms with van der Waals surface area (Å²) in [5.41, 5.74) is 19.5. The minimum Gasteiger partial charge on any atom is -0.311 e. The summed E-state index contributed by atoms with van der Waals surface area (Å²) in [7, 11) is 0. The highest BCUT2D eigenvalue weighted by molar-refractivity contribution is 5.84. The van der Waals surface area contributed by atoms with Gasteiger partial charge in [0.15, 0.2) is 0 Å². The standard InChI is InChI=1S/C54H54N2/c1-9-37-54(8,10-2)46-23-17-43(18-24-46)44-19-31-51(32-20-44)56(50-29-15-40(5)16-30-50)53-36-35-52(41(6)42(53)7)45-21-33-49(34-22-45)55(47-25-11-38(3)12-26-47)48-27-13-39(4)14-28-48/h9,11-36H,1,10,37H2,2-8H3. The Morgan fingerprint density at radius 2 is 0.821 bits per heavy atom. The number of allylic oxidation sites excluding steroid dienone is 1. The second-order valence-corrected chi connectivity index (χ2v) is 15.6. The molecule has 280 valence electrons. The molecule has 0 radical (unpaired) electrons. The van der Waals surface area contributed by atoms with E-state index in [2.05, 4.69) is 223 Å². The molecule has 7 aromatic carbocycles. The van der Waals surface area contributed by atoms with Crippen molar-refractivity contribution in [2.75, 3.05) is 9.80 Å². The number of benzene rings is 7. The van der Waals surface area contributed by atoms with E-state index in [9.17, 15) is 0 Å². The maximum absolute atomic E-state index is 4.01. The molecule has 2 nitrogen and oxygen atoms in total. The lowest BCUT2D eigenvalue weighted by Gasteiger charge is -2.29. The van der Waals surface area contributed by atoms with Gasteiger partial charge >= 0.3 is 0 Å². The Balaban J connectivity index is 1.21. The van der Waals surface area contributed by atoms with E-state index < -0.39 is 0 Å². The van der Waals surface area contributed by atoms with Crippen molar-refractivity contribution in [3.05, 3.63) is 204 Å². The second kappa shape index (κ2) is 16.3. The Labute approximate surface area is 335 Å². The zero-order valence-electron chi connectivity index (χ0n) is 34.1. The normalized spacial score (nSPS) is 12.2. The van der Waals surface area contributed by atoms with Gasteiger partial charge in [0.05, 0.1) is 0 Å². The highest BCUT2D eigenvalue weighted by atomic mass is 15.1. The molecular formula is C54H54N2. The Morgan fingerprint density at radius 1 is 0.446 bits per heavy atom. The van der Waals surface area contributed by atoms with E-state index >= 15 is 0 Å². The van der Waals surface area contributed by atoms with Crippen molar-refractivity contribution in [2.45, 2.75) is 66.7 Å². The first kappa shape index (κ1) is 38.2. The molecule has 0 saturated carbocycles. The van der Waals surface area contributed by atoms with Crippen LogP contribution in [0.4, 0.5) is 34.1 Å². The van der Waals surface area contributed by atoms with E-state index in [1.54, 1.807) is 0 Å². The number of anilines is 6. The van der Waals surface area contributed by atoms with Crippen LogP contribution >= 0.6 is 0 Å². The summed E-state index contributed by atoms with van der Waals surface area (Å²) in [6, 6.07) is 58.1. The van der Waals surface area contributed by atoms with Crippen LogP contribution in [0.15, 0.2) is 170 Å². The quantitative estimate of drug-likeness (QED) is 0.116. The molecule has 56 heavy (non-hydrogen) atoms. The van der Waals surface area contributed by atoms with Crippen LogP contribution in [-0.2, 0) is 5.41 Å². The smallest absolute Gasteiger partial charge is 0.0493 e. The predicted octanol–water partition coefficient (Wildman–Crippen LogP) is 15.7. The van der Waals surface area contributed by atoms with Gasteiger partial charge in [-0.1, -0.05) is 128 Å². The predicted molar refractivity (Wildman–Crippen MR) is 243 cm³/mol. The van der Waals surface area contributed by atoms with Crippen molar-refractivity contribution in [2.24, 2.45) is 0 Å². The van der Waals surface area contributed by atoms with E-state index in [-0.39, 0.29) is 5.41 Å². The second-order valence-electron chi connectivity index (χ2n) is 15.6. The van der Waals surface area contributed by atoms with Gasteiger partial charge < -0.3 is 9.80 Å². The third-order valence-corrected chi connectivity index (χ3v) is 11.7. The van der Waals surface area contributed by atoms with Gasteiger partial charge in [-0.25, -0.2) is 0 Å². The Hall–Kier alpha value is -6.12. The Morgan fingerprint density at radius 3 is 1.23 bits per heavy atom. The summed E-state index contributed by atoms with van der Waals surface area (Å²) < 4.78 is 0. The van der Waals surface area contributed by atoms with Crippen LogP contribution in [0.25, 0.3) is 22.3 Å². The minimum atomic E-state index is 0.109. The van der Waals surface area contributed by atoms with E-state index in [1.165, 1.54) is 61.3 Å². The highest BCUT2D eigenvalue weighted by Gasteiger charge is 2.23. The fourth-order valence-corrected chi connectivity index (χ4v) is 7.76. The van der Waals surface area contributed by atoms with E-state index in [0.717, 1.165) is 41.3 Å². The number of nitrogens with zero attached hydrogens (tertiary/aromatic N) is 2. The zero-order valence-corrected chi connectivity index (χ0v) is 34.1. The van der Waals surface area contributed by atoms with Gasteiger partial charge in [-0.05, 0) is 159 Å². The molecular weight excluding hydrogens is 677 g/mol. The zero-order chi connectivity index (χ0) is 39.4. The molecule has 2 heteroatoms. The molecule has 0 N–H and O–H groups in total. The average molecular weight is 731 g/mol. The number of aryl methyl sites for hydroxylation is 3. The lowest BCUT2D eigenvalue weighted by Crippen LogP contribution is -2.19. The molecule has 0 bridgehead atoms. The van der Waals surface area contributed by atoms with Gasteiger partial charge in [0.1, 0.15) is 0 Å². The lowest BCUT2D eigenvalue weighted by atomic mass is 9.77. The maximum atomic E-state index is 4.01. The van der Waals surface area contributed by atoms with Crippen molar-refractivity contribution in [1.29, 1.82) is 0 Å². The average Bonchev–Trinajstić information content (AvgIpc) is 3.22. The fourth-order valence-electron chi connectivity index (χ4n) is 7.76. The largest absolute Gasteiger partial charge is 0.311 e. The first-order valence-electron chi connectivity index (χ1n) is 19.9. The fraction of sp³-hybridized carbons (Fsp3) is 0.185. The Kier molecular flexibility index (Phi) is 11.1. The molecule has 0 spiro atoms. The first-order valence-corrected chi connectivity index (χ1v) is 19.9. The van der Waals surface area contributed by atoms with Gasteiger partial charge in [-0.15, -0.1) is 6.58 Å². The van der Waals surface area contributed by atoms with E-state index in [0.29, 0.717) is 0 Å². The molecule has 0 heterocycles. The summed E-state index contributed by atoms with van der Waals surface area (Å²) in [5, 5.41) is 0. The van der Waals surface area contributed by atoms with Crippen LogP contribution in [0.3, 0.4) is 0 Å². The van der Waals surface area contributed by atoms with Crippen molar-refractivity contribution in [3.8, 4) is 22.3 Å². The van der Waals surface area contributed by atoms with Crippen LogP contribution in [0, 0.1) is 34.6 Å². The summed E-state index contributed by atoms with van der Waals surface area (Å²) in [5.74, 6) is 0. The molecule has 0 aliphatic carbocycles. The van der Waals surface area contributed by atoms with Gasteiger partial charge in [0.25, 0.3) is 0 Å². The topological polar surface area (TPSA) is 6.48 Å². The number of hydrogen-bond donors (Lipinski definition) is 0. The molecule has 7 rings (SSSR count). The molecule has 7 aromatic rings. The van der Waals surface area contributed by atoms with Gasteiger partial charge in [0, 0.05) is 34.1 Å². The number of rotatable bonds is 12.